The number of anilines is 1. The fourth-order valence-electron chi connectivity index (χ4n) is 1.44. The number of aromatic nitrogens is 1. The van der Waals surface area contributed by atoms with Crippen LogP contribution in [0.5, 0.6) is 0 Å². The monoisotopic (exact) mass is 219 g/mol. The molecule has 1 heterocycles. The summed E-state index contributed by atoms with van der Waals surface area (Å²) in [5.41, 5.74) is 4.39. The molecule has 0 atom stereocenters. The van der Waals surface area contributed by atoms with E-state index in [0.717, 1.165) is 31.0 Å². The molecule has 0 saturated carbocycles. The van der Waals surface area contributed by atoms with E-state index < -0.39 is 0 Å². The number of hydrogen-bond donors (Lipinski definition) is 2. The Morgan fingerprint density at radius 3 is 3.06 bits per heavy atom. The van der Waals surface area contributed by atoms with Gasteiger partial charge in [0, 0.05) is 25.7 Å². The van der Waals surface area contributed by atoms with Gasteiger partial charge in [0.15, 0.2) is 0 Å². The lowest BCUT2D eigenvalue weighted by Gasteiger charge is -2.18. The smallest absolute Gasteiger partial charge is 0.0635 e. The van der Waals surface area contributed by atoms with Crippen molar-refractivity contribution < 1.29 is 0 Å². The number of hydrogen-bond acceptors (Lipinski definition) is 5. The predicted molar refractivity (Wildman–Crippen MR) is 63.2 cm³/mol. The van der Waals surface area contributed by atoms with E-state index in [4.69, 9.17) is 11.1 Å². The van der Waals surface area contributed by atoms with Crippen molar-refractivity contribution in [3.63, 3.8) is 0 Å². The third-order valence-electron chi connectivity index (χ3n) is 2.36. The molecule has 86 valence electrons. The molecule has 0 unspecified atom stereocenters. The van der Waals surface area contributed by atoms with Crippen LogP contribution in [-0.4, -0.2) is 23.0 Å². The maximum Gasteiger partial charge on any atom is 0.0635 e. The van der Waals surface area contributed by atoms with Crippen molar-refractivity contribution in [2.24, 2.45) is 5.84 Å². The Kier molecular flexibility index (Phi) is 5.26. The number of nitrogens with one attached hydrogen (secondary N) is 1. The van der Waals surface area contributed by atoms with Crippen LogP contribution in [-0.2, 0) is 6.54 Å². The van der Waals surface area contributed by atoms with Crippen molar-refractivity contribution in [2.75, 3.05) is 18.5 Å². The largest absolute Gasteiger partial charge is 0.324 e. The second-order valence-corrected chi connectivity index (χ2v) is 3.46. The van der Waals surface area contributed by atoms with Crippen molar-refractivity contribution in [2.45, 2.75) is 19.9 Å². The number of nitriles is 1. The molecular formula is C11H17N5. The van der Waals surface area contributed by atoms with Gasteiger partial charge in [0.25, 0.3) is 0 Å². The molecule has 0 aliphatic carbocycles. The highest BCUT2D eigenvalue weighted by atomic mass is 15.2. The van der Waals surface area contributed by atoms with Crippen LogP contribution in [0.3, 0.4) is 0 Å². The van der Waals surface area contributed by atoms with Crippen LogP contribution in [0, 0.1) is 11.3 Å². The van der Waals surface area contributed by atoms with Crippen molar-refractivity contribution in [3.05, 3.63) is 24.0 Å². The zero-order valence-electron chi connectivity index (χ0n) is 9.48. The van der Waals surface area contributed by atoms with E-state index in [1.165, 1.54) is 0 Å². The standard InChI is InChI=1S/C11H17N5/c1-2-16(7-3-5-12)9-11-8-10(15-13)4-6-14-11/h4,6,8H,2-3,7,9,13H2,1H3,(H,14,15). The molecule has 5 heteroatoms. The Bertz CT molecular complexity index is 358. The highest BCUT2D eigenvalue weighted by Gasteiger charge is 2.04. The van der Waals surface area contributed by atoms with E-state index in [9.17, 15) is 0 Å². The molecule has 0 radical (unpaired) electrons. The first-order valence-electron chi connectivity index (χ1n) is 5.31. The minimum absolute atomic E-state index is 0.544. The molecular weight excluding hydrogens is 202 g/mol. The number of nitrogen functional groups attached to an aromatic ring is 1. The topological polar surface area (TPSA) is 78.0 Å². The zero-order valence-corrected chi connectivity index (χ0v) is 9.48. The van der Waals surface area contributed by atoms with Crippen molar-refractivity contribution in [3.8, 4) is 6.07 Å². The summed E-state index contributed by atoms with van der Waals surface area (Å²) in [6.07, 6.45) is 2.27. The lowest BCUT2D eigenvalue weighted by atomic mass is 10.3. The fraction of sp³-hybridized carbons (Fsp3) is 0.455. The van der Waals surface area contributed by atoms with Gasteiger partial charge < -0.3 is 5.43 Å². The van der Waals surface area contributed by atoms with Crippen LogP contribution in [0.1, 0.15) is 19.0 Å². The highest BCUT2D eigenvalue weighted by molar-refractivity contribution is 5.41. The van der Waals surface area contributed by atoms with Gasteiger partial charge >= 0.3 is 0 Å². The molecule has 3 N–H and O–H groups in total. The normalized spacial score (nSPS) is 10.1. The maximum atomic E-state index is 8.54. The van der Waals surface area contributed by atoms with Crippen LogP contribution in [0.25, 0.3) is 0 Å². The summed E-state index contributed by atoms with van der Waals surface area (Å²) < 4.78 is 0. The fourth-order valence-corrected chi connectivity index (χ4v) is 1.44. The number of rotatable bonds is 6. The first-order chi connectivity index (χ1) is 7.80. The van der Waals surface area contributed by atoms with Gasteiger partial charge in [0.1, 0.15) is 0 Å². The molecule has 0 spiro atoms. The number of nitrogens with two attached hydrogens (primary N) is 1. The summed E-state index contributed by atoms with van der Waals surface area (Å²) in [7, 11) is 0. The summed E-state index contributed by atoms with van der Waals surface area (Å²) in [6.45, 7) is 4.49. The van der Waals surface area contributed by atoms with E-state index >= 15 is 0 Å². The first-order valence-corrected chi connectivity index (χ1v) is 5.31. The minimum atomic E-state index is 0.544. The Balaban J connectivity index is 2.59. The molecule has 0 aliphatic heterocycles. The van der Waals surface area contributed by atoms with Gasteiger partial charge in [-0.3, -0.25) is 15.7 Å². The maximum absolute atomic E-state index is 8.54. The summed E-state index contributed by atoms with van der Waals surface area (Å²) in [6, 6.07) is 5.87. The van der Waals surface area contributed by atoms with Crippen molar-refractivity contribution in [1.29, 1.82) is 5.26 Å². The molecule has 0 aromatic carbocycles. The molecule has 0 bridgehead atoms. The SMILES string of the molecule is CCN(CCC#N)Cc1cc(NN)ccn1. The number of pyridine rings is 1. The van der Waals surface area contributed by atoms with Gasteiger partial charge in [-0.25, -0.2) is 0 Å². The Hall–Kier alpha value is -1.64. The second kappa shape index (κ2) is 6.77. The molecule has 0 amide bonds. The van der Waals surface area contributed by atoms with Gasteiger partial charge in [-0.05, 0) is 18.7 Å². The van der Waals surface area contributed by atoms with Crippen LogP contribution >= 0.6 is 0 Å². The summed E-state index contributed by atoms with van der Waals surface area (Å²) in [4.78, 5) is 6.44. The average molecular weight is 219 g/mol. The third kappa shape index (κ3) is 3.85. The van der Waals surface area contributed by atoms with E-state index in [2.05, 4.69) is 28.3 Å². The van der Waals surface area contributed by atoms with Crippen LogP contribution < -0.4 is 11.3 Å². The number of hydrazine groups is 1. The van der Waals surface area contributed by atoms with E-state index in [-0.39, 0.29) is 0 Å². The van der Waals surface area contributed by atoms with Crippen molar-refractivity contribution in [1.82, 2.24) is 9.88 Å². The van der Waals surface area contributed by atoms with Gasteiger partial charge in [0.05, 0.1) is 17.5 Å². The van der Waals surface area contributed by atoms with Crippen LogP contribution in [0.15, 0.2) is 18.3 Å². The third-order valence-corrected chi connectivity index (χ3v) is 2.36. The average Bonchev–Trinajstić information content (AvgIpc) is 2.34. The predicted octanol–water partition coefficient (Wildman–Crippen LogP) is 1.10. The molecule has 0 saturated heterocycles. The van der Waals surface area contributed by atoms with Gasteiger partial charge in [0.2, 0.25) is 0 Å². The lowest BCUT2D eigenvalue weighted by Crippen LogP contribution is -2.24. The van der Waals surface area contributed by atoms with E-state index in [0.29, 0.717) is 6.42 Å². The van der Waals surface area contributed by atoms with Gasteiger partial charge in [-0.1, -0.05) is 6.92 Å². The van der Waals surface area contributed by atoms with E-state index in [1.54, 1.807) is 6.20 Å². The molecule has 5 nitrogen and oxygen atoms in total. The Morgan fingerprint density at radius 2 is 2.44 bits per heavy atom. The first kappa shape index (κ1) is 12.4. The van der Waals surface area contributed by atoms with Crippen LogP contribution in [0.2, 0.25) is 0 Å². The number of nitrogens with zero attached hydrogens (tertiary/aromatic N) is 3. The minimum Gasteiger partial charge on any atom is -0.324 e. The summed E-state index contributed by atoms with van der Waals surface area (Å²) in [5.74, 6) is 5.33. The van der Waals surface area contributed by atoms with E-state index in [1.807, 2.05) is 12.1 Å². The zero-order chi connectivity index (χ0) is 11.8. The molecule has 1 aromatic heterocycles. The quantitative estimate of drug-likeness (QED) is 0.553. The summed E-state index contributed by atoms with van der Waals surface area (Å²) in [5, 5.41) is 8.54. The molecule has 0 aliphatic rings. The molecule has 1 aromatic rings. The Labute approximate surface area is 95.9 Å². The summed E-state index contributed by atoms with van der Waals surface area (Å²) >= 11 is 0. The Morgan fingerprint density at radius 1 is 1.62 bits per heavy atom. The molecule has 0 fully saturated rings. The highest BCUT2D eigenvalue weighted by Crippen LogP contribution is 2.08. The van der Waals surface area contributed by atoms with Crippen LogP contribution in [0.4, 0.5) is 5.69 Å². The van der Waals surface area contributed by atoms with Gasteiger partial charge in [-0.2, -0.15) is 5.26 Å². The molecule has 1 rings (SSSR count). The van der Waals surface area contributed by atoms with Gasteiger partial charge in [-0.15, -0.1) is 0 Å². The van der Waals surface area contributed by atoms with Crippen molar-refractivity contribution >= 4 is 5.69 Å². The second-order valence-electron chi connectivity index (χ2n) is 3.46. The lowest BCUT2D eigenvalue weighted by molar-refractivity contribution is 0.283. The molecule has 16 heavy (non-hydrogen) atoms.